The Labute approximate surface area is 198 Å². The molecule has 3 heterocycles. The van der Waals surface area contributed by atoms with E-state index < -0.39 is 0 Å². The van der Waals surface area contributed by atoms with Crippen LogP contribution in [0, 0.1) is 0 Å². The molecule has 1 fully saturated rings. The number of hydrogen-bond donors (Lipinski definition) is 1. The monoisotopic (exact) mass is 449 g/mol. The average molecular weight is 450 g/mol. The SMILES string of the molecule is COc1cccc(-c2ccc3c(c2)ncn3-c2ccc3cc(N4CCC(N)CC4)ccc3n2)c1. The van der Waals surface area contributed by atoms with E-state index in [0.29, 0.717) is 6.04 Å². The number of benzene rings is 3. The third-order valence-electron chi connectivity index (χ3n) is 6.76. The predicted octanol–water partition coefficient (Wildman–Crippen LogP) is 5.18. The van der Waals surface area contributed by atoms with E-state index in [2.05, 4.69) is 64.5 Å². The van der Waals surface area contributed by atoms with Gasteiger partial charge in [-0.3, -0.25) is 4.57 Å². The highest BCUT2D eigenvalue weighted by molar-refractivity contribution is 5.86. The zero-order chi connectivity index (χ0) is 23.1. The highest BCUT2D eigenvalue weighted by atomic mass is 16.5. The zero-order valence-electron chi connectivity index (χ0n) is 19.2. The number of hydrogen-bond acceptors (Lipinski definition) is 5. The molecule has 0 spiro atoms. The normalized spacial score (nSPS) is 14.7. The topological polar surface area (TPSA) is 69.2 Å². The maximum absolute atomic E-state index is 6.07. The van der Waals surface area contributed by atoms with Crippen molar-refractivity contribution in [3.63, 3.8) is 0 Å². The van der Waals surface area contributed by atoms with Crippen molar-refractivity contribution in [3.8, 4) is 22.7 Å². The molecule has 6 nitrogen and oxygen atoms in total. The van der Waals surface area contributed by atoms with Crippen LogP contribution in [0.25, 0.3) is 38.9 Å². The first kappa shape index (κ1) is 20.7. The van der Waals surface area contributed by atoms with Crippen molar-refractivity contribution < 1.29 is 4.74 Å². The molecule has 0 atom stereocenters. The summed E-state index contributed by atoms with van der Waals surface area (Å²) in [4.78, 5) is 12.0. The minimum atomic E-state index is 0.331. The maximum atomic E-state index is 6.07. The molecular formula is C28H27N5O. The van der Waals surface area contributed by atoms with Crippen LogP contribution in [0.4, 0.5) is 5.69 Å². The van der Waals surface area contributed by atoms with Crippen molar-refractivity contribution in [1.29, 1.82) is 0 Å². The van der Waals surface area contributed by atoms with E-state index in [0.717, 1.165) is 70.6 Å². The van der Waals surface area contributed by atoms with Gasteiger partial charge in [-0.05, 0) is 78.6 Å². The summed E-state index contributed by atoms with van der Waals surface area (Å²) in [5.74, 6) is 1.70. The molecule has 3 aromatic carbocycles. The van der Waals surface area contributed by atoms with Crippen LogP contribution in [-0.2, 0) is 0 Å². The smallest absolute Gasteiger partial charge is 0.139 e. The van der Waals surface area contributed by atoms with Gasteiger partial charge in [-0.2, -0.15) is 0 Å². The second-order valence-corrected chi connectivity index (χ2v) is 8.92. The first-order valence-corrected chi connectivity index (χ1v) is 11.7. The van der Waals surface area contributed by atoms with Crippen molar-refractivity contribution in [3.05, 3.63) is 79.1 Å². The molecule has 0 unspecified atom stereocenters. The largest absolute Gasteiger partial charge is 0.497 e. The molecular weight excluding hydrogens is 422 g/mol. The number of nitrogens with zero attached hydrogens (tertiary/aromatic N) is 4. The van der Waals surface area contributed by atoms with Crippen LogP contribution in [0.3, 0.4) is 0 Å². The van der Waals surface area contributed by atoms with Crippen molar-refractivity contribution >= 4 is 27.6 Å². The molecule has 5 aromatic rings. The van der Waals surface area contributed by atoms with Crippen LogP contribution < -0.4 is 15.4 Å². The highest BCUT2D eigenvalue weighted by Gasteiger charge is 2.17. The summed E-state index contributed by atoms with van der Waals surface area (Å²) in [6, 6.07) is 25.5. The molecule has 2 N–H and O–H groups in total. The Bertz CT molecular complexity index is 1480. The van der Waals surface area contributed by atoms with E-state index in [1.54, 1.807) is 7.11 Å². The Morgan fingerprint density at radius 2 is 1.74 bits per heavy atom. The first-order valence-electron chi connectivity index (χ1n) is 11.7. The molecule has 0 radical (unpaired) electrons. The standard InChI is InChI=1S/C28H27N5O/c1-34-24-4-2-3-19(16-24)20-5-9-27-26(17-20)30-18-33(27)28-10-6-21-15-23(7-8-25(21)31-28)32-13-11-22(29)12-14-32/h2-10,15-18,22H,11-14,29H2,1H3. The second kappa shape index (κ2) is 8.47. The van der Waals surface area contributed by atoms with Gasteiger partial charge in [0.2, 0.25) is 0 Å². The van der Waals surface area contributed by atoms with E-state index in [-0.39, 0.29) is 0 Å². The first-order chi connectivity index (χ1) is 16.7. The summed E-state index contributed by atoms with van der Waals surface area (Å²) < 4.78 is 7.42. The van der Waals surface area contributed by atoms with Crippen LogP contribution in [0.1, 0.15) is 12.8 Å². The number of rotatable bonds is 4. The van der Waals surface area contributed by atoms with E-state index >= 15 is 0 Å². The molecule has 2 aromatic heterocycles. The molecule has 1 aliphatic rings. The van der Waals surface area contributed by atoms with E-state index in [1.807, 2.05) is 29.1 Å². The van der Waals surface area contributed by atoms with Gasteiger partial charge in [0.15, 0.2) is 0 Å². The second-order valence-electron chi connectivity index (χ2n) is 8.92. The minimum Gasteiger partial charge on any atom is -0.497 e. The van der Waals surface area contributed by atoms with Gasteiger partial charge in [-0.25, -0.2) is 9.97 Å². The van der Waals surface area contributed by atoms with Gasteiger partial charge < -0.3 is 15.4 Å². The molecule has 0 saturated carbocycles. The van der Waals surface area contributed by atoms with Gasteiger partial charge in [-0.15, -0.1) is 0 Å². The van der Waals surface area contributed by atoms with Crippen LogP contribution in [0.2, 0.25) is 0 Å². The minimum absolute atomic E-state index is 0.331. The summed E-state index contributed by atoms with van der Waals surface area (Å²) in [7, 11) is 1.69. The fraction of sp³-hybridized carbons (Fsp3) is 0.214. The zero-order valence-corrected chi connectivity index (χ0v) is 19.2. The quantitative estimate of drug-likeness (QED) is 0.410. The molecule has 6 rings (SSSR count). The number of pyridine rings is 1. The lowest BCUT2D eigenvalue weighted by Crippen LogP contribution is -2.39. The van der Waals surface area contributed by atoms with E-state index in [9.17, 15) is 0 Å². The van der Waals surface area contributed by atoms with Gasteiger partial charge >= 0.3 is 0 Å². The van der Waals surface area contributed by atoms with Gasteiger partial charge in [0, 0.05) is 30.2 Å². The lowest BCUT2D eigenvalue weighted by atomic mass is 10.0. The van der Waals surface area contributed by atoms with Crippen LogP contribution in [0.15, 0.2) is 79.1 Å². The highest BCUT2D eigenvalue weighted by Crippen LogP contribution is 2.29. The number of nitrogens with two attached hydrogens (primary N) is 1. The van der Waals surface area contributed by atoms with Crippen LogP contribution in [-0.4, -0.2) is 40.8 Å². The van der Waals surface area contributed by atoms with Crippen LogP contribution >= 0.6 is 0 Å². The molecule has 170 valence electrons. The van der Waals surface area contributed by atoms with E-state index in [1.165, 1.54) is 5.69 Å². The number of piperidine rings is 1. The van der Waals surface area contributed by atoms with Crippen molar-refractivity contribution in [2.24, 2.45) is 5.73 Å². The Morgan fingerprint density at radius 1 is 0.882 bits per heavy atom. The molecule has 1 saturated heterocycles. The molecule has 6 heteroatoms. The van der Waals surface area contributed by atoms with Gasteiger partial charge in [0.25, 0.3) is 0 Å². The predicted molar refractivity (Wildman–Crippen MR) is 138 cm³/mol. The summed E-state index contributed by atoms with van der Waals surface area (Å²) in [5.41, 5.74) is 12.5. The van der Waals surface area contributed by atoms with Crippen molar-refractivity contribution in [1.82, 2.24) is 14.5 Å². The summed E-state index contributed by atoms with van der Waals surface area (Å²) in [5, 5.41) is 1.14. The lowest BCUT2D eigenvalue weighted by molar-refractivity contribution is 0.415. The Hall–Kier alpha value is -3.90. The molecule has 0 aliphatic carbocycles. The third-order valence-corrected chi connectivity index (χ3v) is 6.76. The number of fused-ring (bicyclic) bond motifs is 2. The van der Waals surface area contributed by atoms with Gasteiger partial charge in [0.1, 0.15) is 17.9 Å². The van der Waals surface area contributed by atoms with Crippen molar-refractivity contribution in [2.75, 3.05) is 25.1 Å². The Kier molecular flexibility index (Phi) is 5.15. The molecule has 34 heavy (non-hydrogen) atoms. The third kappa shape index (κ3) is 3.76. The molecule has 0 bridgehead atoms. The number of methoxy groups -OCH3 is 1. The lowest BCUT2D eigenvalue weighted by Gasteiger charge is -2.32. The average Bonchev–Trinajstić information content (AvgIpc) is 3.32. The fourth-order valence-electron chi connectivity index (χ4n) is 4.77. The Balaban J connectivity index is 1.32. The van der Waals surface area contributed by atoms with Gasteiger partial charge in [-0.1, -0.05) is 18.2 Å². The fourth-order valence-corrected chi connectivity index (χ4v) is 4.77. The van der Waals surface area contributed by atoms with Crippen LogP contribution in [0.5, 0.6) is 5.75 Å². The summed E-state index contributed by atoms with van der Waals surface area (Å²) in [6.07, 6.45) is 3.93. The maximum Gasteiger partial charge on any atom is 0.139 e. The van der Waals surface area contributed by atoms with Crippen molar-refractivity contribution in [2.45, 2.75) is 18.9 Å². The summed E-state index contributed by atoms with van der Waals surface area (Å²) in [6.45, 7) is 2.02. The Morgan fingerprint density at radius 3 is 2.59 bits per heavy atom. The number of aromatic nitrogens is 3. The van der Waals surface area contributed by atoms with Gasteiger partial charge in [0.05, 0.1) is 23.7 Å². The number of ether oxygens (including phenoxy) is 1. The number of anilines is 1. The molecule has 0 amide bonds. The number of imidazole rings is 1. The van der Waals surface area contributed by atoms with E-state index in [4.69, 9.17) is 15.5 Å². The molecule has 1 aliphatic heterocycles. The summed E-state index contributed by atoms with van der Waals surface area (Å²) >= 11 is 0.